The van der Waals surface area contributed by atoms with Crippen LogP contribution in [0.15, 0.2) is 84.0 Å². The lowest BCUT2D eigenvalue weighted by Gasteiger charge is -2.12. The van der Waals surface area contributed by atoms with Crippen LogP contribution in [0, 0.1) is 18.6 Å². The van der Waals surface area contributed by atoms with Crippen LogP contribution in [0.5, 0.6) is 0 Å². The number of benzene rings is 3. The summed E-state index contributed by atoms with van der Waals surface area (Å²) in [7, 11) is 0. The van der Waals surface area contributed by atoms with E-state index in [1.165, 1.54) is 36.4 Å². The van der Waals surface area contributed by atoms with E-state index in [-0.39, 0.29) is 18.2 Å². The van der Waals surface area contributed by atoms with Crippen molar-refractivity contribution in [1.29, 1.82) is 0 Å². The molecule has 0 fully saturated rings. The average molecular weight is 484 g/mol. The zero-order chi connectivity index (χ0) is 25.2. The first-order chi connectivity index (χ1) is 16.6. The second-order valence-corrected chi connectivity index (χ2v) is 8.00. The summed E-state index contributed by atoms with van der Waals surface area (Å²) in [6.45, 7) is 3.44. The first-order valence-electron chi connectivity index (χ1n) is 10.7. The molecule has 3 nitrogen and oxygen atoms in total. The Morgan fingerprint density at radius 3 is 2.14 bits per heavy atom. The molecule has 0 spiro atoms. The lowest BCUT2D eigenvalue weighted by molar-refractivity contribution is -0.137. The topological polar surface area (TPSA) is 26.5 Å². The van der Waals surface area contributed by atoms with Crippen LogP contribution in [0.25, 0.3) is 16.9 Å². The zero-order valence-corrected chi connectivity index (χ0v) is 18.9. The van der Waals surface area contributed by atoms with Gasteiger partial charge in [-0.25, -0.2) is 8.78 Å². The summed E-state index contributed by atoms with van der Waals surface area (Å²) in [6, 6.07) is 18.7. The van der Waals surface area contributed by atoms with Gasteiger partial charge in [0.05, 0.1) is 17.0 Å². The fourth-order valence-corrected chi connectivity index (χ4v) is 3.82. The Balaban J connectivity index is 1.66. The number of nitrogens with zero attached hydrogens (tertiary/aromatic N) is 2. The molecule has 3 aromatic carbocycles. The lowest BCUT2D eigenvalue weighted by atomic mass is 10.1. The minimum absolute atomic E-state index is 0.135. The van der Waals surface area contributed by atoms with Gasteiger partial charge in [-0.1, -0.05) is 17.3 Å². The highest BCUT2D eigenvalue weighted by atomic mass is 19.4. The van der Waals surface area contributed by atoms with E-state index in [1.807, 2.05) is 17.6 Å². The Labute approximate surface area is 199 Å². The van der Waals surface area contributed by atoms with Crippen LogP contribution in [-0.2, 0) is 17.6 Å². The molecule has 35 heavy (non-hydrogen) atoms. The molecule has 0 aliphatic rings. The second-order valence-electron chi connectivity index (χ2n) is 8.00. The predicted molar refractivity (Wildman–Crippen MR) is 124 cm³/mol. The summed E-state index contributed by atoms with van der Waals surface area (Å²) >= 11 is 0. The number of hydrogen-bond donors (Lipinski definition) is 0. The van der Waals surface area contributed by atoms with E-state index in [0.717, 1.165) is 34.6 Å². The summed E-state index contributed by atoms with van der Waals surface area (Å²) in [4.78, 5) is 5.36. The number of hydrogen-bond acceptors (Lipinski definition) is 2. The van der Waals surface area contributed by atoms with Gasteiger partial charge in [0.15, 0.2) is 0 Å². The summed E-state index contributed by atoms with van der Waals surface area (Å²) in [5, 5.41) is 4.11. The maximum Gasteiger partial charge on any atom is 0.416 e. The molecule has 1 aromatic heterocycles. The fraction of sp³-hybridized carbons (Fsp3) is 0.148. The zero-order valence-electron chi connectivity index (χ0n) is 18.9. The van der Waals surface area contributed by atoms with E-state index in [1.54, 1.807) is 31.2 Å². The SMILES string of the molecule is C/C(=N\OCc1cccc(C(F)(F)F)c1)c1cc(-c2ccc(F)cc2)n(-c2ccc(F)cc2)c1C. The monoisotopic (exact) mass is 484 g/mol. The summed E-state index contributed by atoms with van der Waals surface area (Å²) < 4.78 is 67.7. The molecule has 0 saturated carbocycles. The number of alkyl halides is 3. The van der Waals surface area contributed by atoms with Crippen molar-refractivity contribution in [3.05, 3.63) is 113 Å². The van der Waals surface area contributed by atoms with Crippen molar-refractivity contribution >= 4 is 5.71 Å². The molecule has 4 aromatic rings. The van der Waals surface area contributed by atoms with Crippen molar-refractivity contribution in [3.8, 4) is 16.9 Å². The van der Waals surface area contributed by atoms with Crippen molar-refractivity contribution in [3.63, 3.8) is 0 Å². The lowest BCUT2D eigenvalue weighted by Crippen LogP contribution is -2.05. The van der Waals surface area contributed by atoms with Crippen LogP contribution >= 0.6 is 0 Å². The van der Waals surface area contributed by atoms with E-state index in [4.69, 9.17) is 4.84 Å². The van der Waals surface area contributed by atoms with Crippen molar-refractivity contribution in [2.24, 2.45) is 5.16 Å². The Bertz CT molecular complexity index is 1350. The molecule has 0 aliphatic heterocycles. The van der Waals surface area contributed by atoms with Crippen molar-refractivity contribution < 1.29 is 26.8 Å². The molecule has 180 valence electrons. The first kappa shape index (κ1) is 24.2. The first-order valence-corrected chi connectivity index (χ1v) is 10.7. The molecule has 0 N–H and O–H groups in total. The molecule has 0 bridgehead atoms. The van der Waals surface area contributed by atoms with E-state index in [0.29, 0.717) is 17.0 Å². The van der Waals surface area contributed by atoms with Crippen LogP contribution < -0.4 is 0 Å². The molecule has 1 heterocycles. The Morgan fingerprint density at radius 2 is 1.51 bits per heavy atom. The normalized spacial score (nSPS) is 12.1. The standard InChI is InChI=1S/C27H21F5N2O/c1-17(33-35-16-19-4-3-5-21(14-19)27(30,31)32)25-15-26(20-6-8-22(28)9-7-20)34(18(25)2)24-12-10-23(29)11-13-24/h3-15H,16H2,1-2H3/b33-17+. The van der Waals surface area contributed by atoms with Gasteiger partial charge in [0, 0.05) is 16.9 Å². The van der Waals surface area contributed by atoms with Crippen LogP contribution in [0.2, 0.25) is 0 Å². The van der Waals surface area contributed by atoms with Gasteiger partial charge in [0.2, 0.25) is 0 Å². The van der Waals surface area contributed by atoms with Crippen LogP contribution in [0.1, 0.15) is 29.3 Å². The average Bonchev–Trinajstić information content (AvgIpc) is 3.17. The number of rotatable bonds is 6. The third-order valence-corrected chi connectivity index (χ3v) is 5.55. The van der Waals surface area contributed by atoms with E-state index >= 15 is 0 Å². The maximum absolute atomic E-state index is 13.5. The Kier molecular flexibility index (Phi) is 6.73. The molecular formula is C27H21F5N2O. The van der Waals surface area contributed by atoms with Crippen molar-refractivity contribution in [2.75, 3.05) is 0 Å². The molecule has 0 aliphatic carbocycles. The third kappa shape index (κ3) is 5.42. The largest absolute Gasteiger partial charge is 0.416 e. The highest BCUT2D eigenvalue weighted by Crippen LogP contribution is 2.31. The Morgan fingerprint density at radius 1 is 0.886 bits per heavy atom. The van der Waals surface area contributed by atoms with Crippen LogP contribution in [-0.4, -0.2) is 10.3 Å². The smallest absolute Gasteiger partial charge is 0.391 e. The molecule has 0 amide bonds. The van der Waals surface area contributed by atoms with E-state index < -0.39 is 11.7 Å². The predicted octanol–water partition coefficient (Wildman–Crippen LogP) is 7.69. The van der Waals surface area contributed by atoms with Gasteiger partial charge < -0.3 is 9.40 Å². The Hall–Kier alpha value is -3.94. The summed E-state index contributed by atoms with van der Waals surface area (Å²) in [5.74, 6) is -0.742. The molecule has 0 atom stereocenters. The second kappa shape index (κ2) is 9.74. The van der Waals surface area contributed by atoms with Gasteiger partial charge in [0.1, 0.15) is 18.2 Å². The van der Waals surface area contributed by atoms with Gasteiger partial charge >= 0.3 is 6.18 Å². The minimum Gasteiger partial charge on any atom is -0.391 e. The van der Waals surface area contributed by atoms with Gasteiger partial charge in [-0.2, -0.15) is 13.2 Å². The highest BCUT2D eigenvalue weighted by molar-refractivity contribution is 6.01. The number of aromatic nitrogens is 1. The fourth-order valence-electron chi connectivity index (χ4n) is 3.82. The molecule has 8 heteroatoms. The summed E-state index contributed by atoms with van der Waals surface area (Å²) in [6.07, 6.45) is -4.44. The maximum atomic E-state index is 13.5. The van der Waals surface area contributed by atoms with Gasteiger partial charge in [-0.05, 0) is 91.7 Å². The van der Waals surface area contributed by atoms with Gasteiger partial charge in [-0.3, -0.25) is 0 Å². The van der Waals surface area contributed by atoms with Crippen LogP contribution in [0.3, 0.4) is 0 Å². The molecule has 0 saturated heterocycles. The van der Waals surface area contributed by atoms with E-state index in [2.05, 4.69) is 5.16 Å². The number of oxime groups is 1. The molecule has 0 unspecified atom stereocenters. The van der Waals surface area contributed by atoms with Crippen molar-refractivity contribution in [2.45, 2.75) is 26.6 Å². The number of halogens is 5. The highest BCUT2D eigenvalue weighted by Gasteiger charge is 2.30. The molecule has 4 rings (SSSR count). The van der Waals surface area contributed by atoms with Crippen LogP contribution in [0.4, 0.5) is 22.0 Å². The molecular weight excluding hydrogens is 463 g/mol. The summed E-state index contributed by atoms with van der Waals surface area (Å²) in [5.41, 5.74) is 3.75. The van der Waals surface area contributed by atoms with Gasteiger partial charge in [0.25, 0.3) is 0 Å². The third-order valence-electron chi connectivity index (χ3n) is 5.55. The quantitative estimate of drug-likeness (QED) is 0.157. The van der Waals surface area contributed by atoms with E-state index in [9.17, 15) is 22.0 Å². The van der Waals surface area contributed by atoms with Crippen molar-refractivity contribution in [1.82, 2.24) is 4.57 Å². The molecule has 0 radical (unpaired) electrons. The minimum atomic E-state index is -4.44. The van der Waals surface area contributed by atoms with Gasteiger partial charge in [-0.15, -0.1) is 0 Å².